The Bertz CT molecular complexity index is 1950. The fourth-order valence-corrected chi connectivity index (χ4v) is 6.69. The summed E-state index contributed by atoms with van der Waals surface area (Å²) in [5.41, 5.74) is 7.83. The summed E-state index contributed by atoms with van der Waals surface area (Å²) < 4.78 is 81.7. The minimum atomic E-state index is -4.72. The number of hydrogen-bond donors (Lipinski definition) is 3. The van der Waals surface area contributed by atoms with Crippen LogP contribution >= 0.6 is 0 Å². The number of sulfonamides is 1. The fraction of sp³-hybridized carbons (Fsp3) is 0.333. The SMILES string of the molecule is CC(C)S(=O)(=O)N1CCN(Cc2c(CC#N)c(-c3ccc(NC(=O)Nc4cc(C(F)(F)F)ccc4F)cc3)c3c(N)ncnn23)CC1. The lowest BCUT2D eigenvalue weighted by Crippen LogP contribution is -2.50. The number of nitrogen functional groups attached to an aromatic ring is 1. The number of nitrogens with one attached hydrogen (secondary N) is 2. The van der Waals surface area contributed by atoms with Gasteiger partial charge in [0.1, 0.15) is 17.7 Å². The van der Waals surface area contributed by atoms with E-state index in [9.17, 15) is 36.0 Å². The number of urea groups is 1. The average molecular weight is 674 g/mol. The van der Waals surface area contributed by atoms with Crippen molar-refractivity contribution in [3.05, 3.63) is 71.4 Å². The number of nitrogens with zero attached hydrogens (tertiary/aromatic N) is 6. The summed E-state index contributed by atoms with van der Waals surface area (Å²) >= 11 is 0. The molecule has 3 heterocycles. The van der Waals surface area contributed by atoms with E-state index in [1.165, 1.54) is 22.8 Å². The van der Waals surface area contributed by atoms with Crippen LogP contribution in [0.5, 0.6) is 0 Å². The highest BCUT2D eigenvalue weighted by molar-refractivity contribution is 7.89. The zero-order valence-corrected chi connectivity index (χ0v) is 26.2. The molecular formula is C30H31F4N9O3S. The van der Waals surface area contributed by atoms with E-state index < -0.39 is 44.5 Å². The van der Waals surface area contributed by atoms with Gasteiger partial charge >= 0.3 is 12.2 Å². The molecule has 12 nitrogen and oxygen atoms in total. The van der Waals surface area contributed by atoms with Gasteiger partial charge in [-0.05, 0) is 55.3 Å². The molecule has 0 aliphatic carbocycles. The fourth-order valence-electron chi connectivity index (χ4n) is 5.42. The summed E-state index contributed by atoms with van der Waals surface area (Å²) in [5.74, 6) is -0.870. The lowest BCUT2D eigenvalue weighted by atomic mass is 9.98. The van der Waals surface area contributed by atoms with Crippen molar-refractivity contribution in [2.24, 2.45) is 0 Å². The molecule has 0 radical (unpaired) electrons. The van der Waals surface area contributed by atoms with Gasteiger partial charge in [-0.3, -0.25) is 4.90 Å². The van der Waals surface area contributed by atoms with Crippen LogP contribution in [0.4, 0.5) is 39.5 Å². The van der Waals surface area contributed by atoms with Crippen LogP contribution in [-0.2, 0) is 29.2 Å². The molecule has 1 fully saturated rings. The molecule has 2 amide bonds. The standard InChI is InChI=1S/C30H31F4N9O3S/c1-18(2)47(45,46)42-13-11-41(12-14-42)16-25-22(9-10-35)26(27-28(36)37-17-38-43(25)27)19-3-6-21(7-4-19)39-29(44)40-24-15-20(30(32,33)34)5-8-23(24)31/h3-8,15,17-18H,9,11-14,16H2,1-2H3,(H2,36,37,38)(H2,39,40,44). The number of benzene rings is 2. The van der Waals surface area contributed by atoms with Gasteiger partial charge in [-0.25, -0.2) is 27.1 Å². The summed E-state index contributed by atoms with van der Waals surface area (Å²) in [7, 11) is -3.39. The van der Waals surface area contributed by atoms with E-state index in [2.05, 4.69) is 31.7 Å². The second kappa shape index (κ2) is 13.1. The lowest BCUT2D eigenvalue weighted by molar-refractivity contribution is -0.137. The molecule has 4 aromatic rings. The molecule has 0 spiro atoms. The highest BCUT2D eigenvalue weighted by Gasteiger charge is 2.32. The van der Waals surface area contributed by atoms with Gasteiger partial charge in [0.2, 0.25) is 10.0 Å². The minimum absolute atomic E-state index is 0.000120. The van der Waals surface area contributed by atoms with Crippen LogP contribution in [0, 0.1) is 17.1 Å². The quantitative estimate of drug-likeness (QED) is 0.227. The first-order chi connectivity index (χ1) is 22.2. The van der Waals surface area contributed by atoms with Crippen LogP contribution in [0.25, 0.3) is 16.6 Å². The van der Waals surface area contributed by atoms with Crippen molar-refractivity contribution in [3.63, 3.8) is 0 Å². The number of nitrogens with two attached hydrogens (primary N) is 1. The van der Waals surface area contributed by atoms with Gasteiger partial charge < -0.3 is 16.4 Å². The van der Waals surface area contributed by atoms with Crippen molar-refractivity contribution in [1.82, 2.24) is 23.8 Å². The van der Waals surface area contributed by atoms with Crippen molar-refractivity contribution in [1.29, 1.82) is 5.26 Å². The summed E-state index contributed by atoms with van der Waals surface area (Å²) in [4.78, 5) is 18.7. The van der Waals surface area contributed by atoms with E-state index in [0.717, 1.165) is 0 Å². The van der Waals surface area contributed by atoms with Gasteiger partial charge in [0.15, 0.2) is 5.82 Å². The molecule has 1 aliphatic heterocycles. The largest absolute Gasteiger partial charge is 0.416 e. The number of nitriles is 1. The third-order valence-corrected chi connectivity index (χ3v) is 10.1. The van der Waals surface area contributed by atoms with Gasteiger partial charge in [-0.1, -0.05) is 12.1 Å². The van der Waals surface area contributed by atoms with Gasteiger partial charge in [0, 0.05) is 44.0 Å². The number of fused-ring (bicyclic) bond motifs is 1. The number of carbonyl (C=O) groups excluding carboxylic acids is 1. The van der Waals surface area contributed by atoms with Crippen molar-refractivity contribution in [2.45, 2.75) is 38.2 Å². The highest BCUT2D eigenvalue weighted by Crippen LogP contribution is 2.37. The van der Waals surface area contributed by atoms with Crippen LogP contribution < -0.4 is 16.4 Å². The van der Waals surface area contributed by atoms with E-state index in [4.69, 9.17) is 5.73 Å². The Hall–Kier alpha value is -4.79. The Balaban J connectivity index is 1.40. The maximum Gasteiger partial charge on any atom is 0.416 e. The number of aromatic nitrogens is 3. The second-order valence-corrected chi connectivity index (χ2v) is 13.6. The topological polar surface area (TPSA) is 162 Å². The monoisotopic (exact) mass is 673 g/mol. The molecular weight excluding hydrogens is 642 g/mol. The van der Waals surface area contributed by atoms with Crippen LogP contribution in [0.15, 0.2) is 48.8 Å². The van der Waals surface area contributed by atoms with E-state index in [1.807, 2.05) is 0 Å². The van der Waals surface area contributed by atoms with Gasteiger partial charge in [-0.15, -0.1) is 0 Å². The number of alkyl halides is 3. The smallest absolute Gasteiger partial charge is 0.382 e. The molecule has 0 unspecified atom stereocenters. The number of hydrogen-bond acceptors (Lipinski definition) is 8. The Labute approximate surface area is 267 Å². The normalized spacial score (nSPS) is 14.8. The van der Waals surface area contributed by atoms with Gasteiger partial charge in [0.05, 0.1) is 34.7 Å². The molecule has 4 N–H and O–H groups in total. The zero-order valence-electron chi connectivity index (χ0n) is 25.3. The second-order valence-electron chi connectivity index (χ2n) is 11.2. The molecule has 1 aliphatic rings. The summed E-state index contributed by atoms with van der Waals surface area (Å²) in [6.45, 7) is 5.23. The molecule has 0 atom stereocenters. The molecule has 2 aromatic carbocycles. The average Bonchev–Trinajstić information content (AvgIpc) is 3.32. The number of anilines is 3. The number of piperazine rings is 1. The van der Waals surface area contributed by atoms with Crippen molar-refractivity contribution >= 4 is 38.8 Å². The van der Waals surface area contributed by atoms with Gasteiger partial charge in [-0.2, -0.15) is 27.8 Å². The zero-order chi connectivity index (χ0) is 34.1. The Morgan fingerprint density at radius 1 is 1.09 bits per heavy atom. The summed E-state index contributed by atoms with van der Waals surface area (Å²) in [6.07, 6.45) is -3.41. The highest BCUT2D eigenvalue weighted by atomic mass is 32.2. The Kier molecular flexibility index (Phi) is 9.39. The summed E-state index contributed by atoms with van der Waals surface area (Å²) in [6, 6.07) is 9.31. The van der Waals surface area contributed by atoms with Gasteiger partial charge in [0.25, 0.3) is 0 Å². The first kappa shape index (κ1) is 33.6. The molecule has 0 saturated carbocycles. The minimum Gasteiger partial charge on any atom is -0.382 e. The molecule has 1 saturated heterocycles. The molecule has 5 rings (SSSR count). The predicted octanol–water partition coefficient (Wildman–Crippen LogP) is 4.70. The first-order valence-corrected chi connectivity index (χ1v) is 16.0. The van der Waals surface area contributed by atoms with E-state index in [-0.39, 0.29) is 17.9 Å². The number of halogens is 4. The molecule has 0 bridgehead atoms. The Morgan fingerprint density at radius 3 is 2.38 bits per heavy atom. The maximum atomic E-state index is 14.1. The third-order valence-electron chi connectivity index (χ3n) is 7.85. The van der Waals surface area contributed by atoms with E-state index >= 15 is 0 Å². The van der Waals surface area contributed by atoms with Crippen LogP contribution in [-0.4, -0.2) is 69.7 Å². The number of rotatable bonds is 8. The number of carbonyl (C=O) groups is 1. The number of amides is 2. The molecule has 248 valence electrons. The van der Waals surface area contributed by atoms with E-state index in [1.54, 1.807) is 30.5 Å². The van der Waals surface area contributed by atoms with Crippen molar-refractivity contribution in [3.8, 4) is 17.2 Å². The first-order valence-electron chi connectivity index (χ1n) is 14.5. The lowest BCUT2D eigenvalue weighted by Gasteiger charge is -2.34. The maximum absolute atomic E-state index is 14.1. The predicted molar refractivity (Wildman–Crippen MR) is 167 cm³/mol. The van der Waals surface area contributed by atoms with Crippen LogP contribution in [0.3, 0.4) is 0 Å². The molecule has 47 heavy (non-hydrogen) atoms. The summed E-state index contributed by atoms with van der Waals surface area (Å²) in [5, 5.41) is 18.2. The Morgan fingerprint density at radius 2 is 1.77 bits per heavy atom. The van der Waals surface area contributed by atoms with Crippen molar-refractivity contribution < 1.29 is 30.8 Å². The van der Waals surface area contributed by atoms with Crippen LogP contribution in [0.2, 0.25) is 0 Å². The van der Waals surface area contributed by atoms with Crippen molar-refractivity contribution in [2.75, 3.05) is 42.5 Å². The molecule has 2 aromatic heterocycles. The molecule has 17 heteroatoms. The van der Waals surface area contributed by atoms with Crippen LogP contribution in [0.1, 0.15) is 30.7 Å². The third kappa shape index (κ3) is 6.99. The van der Waals surface area contributed by atoms with E-state index in [0.29, 0.717) is 78.8 Å².